The summed E-state index contributed by atoms with van der Waals surface area (Å²) in [6, 6.07) is 10.7. The molecule has 3 rings (SSSR count). The molecule has 1 aromatic heterocycles. The molecule has 1 atom stereocenters. The summed E-state index contributed by atoms with van der Waals surface area (Å²) in [5.41, 5.74) is 4.98. The van der Waals surface area contributed by atoms with E-state index in [1.807, 2.05) is 31.3 Å². The van der Waals surface area contributed by atoms with Gasteiger partial charge in [-0.25, -0.2) is 9.98 Å². The maximum atomic E-state index is 6.11. The summed E-state index contributed by atoms with van der Waals surface area (Å²) in [4.78, 5) is 13.6. The van der Waals surface area contributed by atoms with Crippen molar-refractivity contribution in [3.8, 4) is 0 Å². The molecule has 0 radical (unpaired) electrons. The third-order valence-electron chi connectivity index (χ3n) is 5.15. The second kappa shape index (κ2) is 11.5. The van der Waals surface area contributed by atoms with Crippen molar-refractivity contribution in [1.82, 2.24) is 15.2 Å². The van der Waals surface area contributed by atoms with E-state index in [1.165, 1.54) is 16.7 Å². The molecule has 7 heteroatoms. The van der Waals surface area contributed by atoms with Gasteiger partial charge in [-0.3, -0.25) is 0 Å². The van der Waals surface area contributed by atoms with Crippen LogP contribution in [0.2, 0.25) is 0 Å². The van der Waals surface area contributed by atoms with Crippen LogP contribution in [0.5, 0.6) is 0 Å². The molecule has 1 aliphatic heterocycles. The Morgan fingerprint density at radius 3 is 2.77 bits per heavy atom. The molecule has 0 aliphatic carbocycles. The molecule has 1 saturated heterocycles. The molecule has 0 bridgehead atoms. The molecule has 0 saturated carbocycles. The van der Waals surface area contributed by atoms with Gasteiger partial charge in [0, 0.05) is 33.4 Å². The normalized spacial score (nSPS) is 16.8. The molecule has 6 nitrogen and oxygen atoms in total. The van der Waals surface area contributed by atoms with Gasteiger partial charge in [0.05, 0.1) is 19.7 Å². The summed E-state index contributed by atoms with van der Waals surface area (Å²) in [5, 5.41) is 3.45. The number of halogens is 1. The minimum Gasteiger partial charge on any atom is -0.370 e. The molecule has 164 valence electrons. The van der Waals surface area contributed by atoms with Crippen LogP contribution >= 0.6 is 24.0 Å². The maximum Gasteiger partial charge on any atom is 0.194 e. The van der Waals surface area contributed by atoms with Crippen molar-refractivity contribution in [2.24, 2.45) is 4.99 Å². The number of morpholine rings is 1. The molecule has 1 unspecified atom stereocenters. The van der Waals surface area contributed by atoms with Crippen LogP contribution < -0.4 is 10.2 Å². The molecule has 1 fully saturated rings. The van der Waals surface area contributed by atoms with Gasteiger partial charge < -0.3 is 19.9 Å². The Morgan fingerprint density at radius 1 is 1.27 bits per heavy atom. The predicted octanol–water partition coefficient (Wildman–Crippen LogP) is 3.92. The van der Waals surface area contributed by atoms with Crippen LogP contribution in [-0.4, -0.2) is 56.2 Å². The first-order chi connectivity index (χ1) is 14.0. The van der Waals surface area contributed by atoms with Crippen LogP contribution in [0, 0.1) is 13.8 Å². The van der Waals surface area contributed by atoms with Gasteiger partial charge in [-0.05, 0) is 49.6 Å². The van der Waals surface area contributed by atoms with Crippen molar-refractivity contribution in [2.75, 3.05) is 45.2 Å². The first-order valence-corrected chi connectivity index (χ1v) is 10.3. The largest absolute Gasteiger partial charge is 0.370 e. The van der Waals surface area contributed by atoms with E-state index in [0.29, 0.717) is 13.2 Å². The summed E-state index contributed by atoms with van der Waals surface area (Å²) in [6.45, 7) is 10.2. The molecule has 2 aromatic rings. The van der Waals surface area contributed by atoms with E-state index in [2.05, 4.69) is 60.2 Å². The first kappa shape index (κ1) is 24.4. The Kier molecular flexibility index (Phi) is 9.36. The summed E-state index contributed by atoms with van der Waals surface area (Å²) in [5.74, 6) is 1.89. The van der Waals surface area contributed by atoms with Gasteiger partial charge in [0.2, 0.25) is 0 Å². The van der Waals surface area contributed by atoms with E-state index in [9.17, 15) is 0 Å². The quantitative estimate of drug-likeness (QED) is 0.366. The SMILES string of the molecule is CCNC(=NCc1ccnc(N(C)C)c1)N1CCOC(c2ccc(C)cc2C)C1.I. The fraction of sp³-hybridized carbons (Fsp3) is 0.478. The zero-order chi connectivity index (χ0) is 20.8. The highest BCUT2D eigenvalue weighted by molar-refractivity contribution is 14.0. The number of guanidine groups is 1. The van der Waals surface area contributed by atoms with Gasteiger partial charge in [-0.2, -0.15) is 0 Å². The molecule has 1 N–H and O–H groups in total. The van der Waals surface area contributed by atoms with E-state index in [4.69, 9.17) is 9.73 Å². The lowest BCUT2D eigenvalue weighted by Gasteiger charge is -2.36. The second-order valence-electron chi connectivity index (χ2n) is 7.75. The highest BCUT2D eigenvalue weighted by atomic mass is 127. The van der Waals surface area contributed by atoms with Crippen molar-refractivity contribution in [3.05, 3.63) is 58.8 Å². The number of aryl methyl sites for hydroxylation is 2. The Balaban J connectivity index is 0.00000320. The topological polar surface area (TPSA) is 53.0 Å². The minimum absolute atomic E-state index is 0. The number of nitrogens with zero attached hydrogens (tertiary/aromatic N) is 4. The number of rotatable bonds is 5. The van der Waals surface area contributed by atoms with Crippen LogP contribution in [0.15, 0.2) is 41.5 Å². The van der Waals surface area contributed by atoms with Gasteiger partial charge in [-0.1, -0.05) is 23.8 Å². The molecule has 30 heavy (non-hydrogen) atoms. The van der Waals surface area contributed by atoms with E-state index in [0.717, 1.165) is 37.0 Å². The second-order valence-corrected chi connectivity index (χ2v) is 7.75. The van der Waals surface area contributed by atoms with Crippen LogP contribution in [-0.2, 0) is 11.3 Å². The molecular formula is C23H34IN5O. The van der Waals surface area contributed by atoms with Gasteiger partial charge >= 0.3 is 0 Å². The highest BCUT2D eigenvalue weighted by Gasteiger charge is 2.25. The summed E-state index contributed by atoms with van der Waals surface area (Å²) < 4.78 is 6.11. The number of ether oxygens (including phenoxy) is 1. The van der Waals surface area contributed by atoms with E-state index in [-0.39, 0.29) is 30.1 Å². The standard InChI is InChI=1S/C23H33N5O.HI/c1-6-24-23(26-15-19-9-10-25-22(14-19)27(4)5)28-11-12-29-21(16-28)20-8-7-17(2)13-18(20)3;/h7-10,13-14,21H,6,11-12,15-16H2,1-5H3,(H,24,26);1H. The Hall–Kier alpha value is -1.87. The number of benzene rings is 1. The monoisotopic (exact) mass is 523 g/mol. The number of hydrogen-bond donors (Lipinski definition) is 1. The third-order valence-corrected chi connectivity index (χ3v) is 5.15. The fourth-order valence-corrected chi connectivity index (χ4v) is 3.61. The summed E-state index contributed by atoms with van der Waals surface area (Å²) in [7, 11) is 4.00. The molecule has 0 spiro atoms. The van der Waals surface area contributed by atoms with Gasteiger partial charge in [0.15, 0.2) is 5.96 Å². The average Bonchev–Trinajstić information content (AvgIpc) is 2.71. The number of pyridine rings is 1. The van der Waals surface area contributed by atoms with Crippen molar-refractivity contribution in [2.45, 2.75) is 33.4 Å². The van der Waals surface area contributed by atoms with Crippen molar-refractivity contribution in [3.63, 3.8) is 0 Å². The first-order valence-electron chi connectivity index (χ1n) is 10.3. The lowest BCUT2D eigenvalue weighted by atomic mass is 10.00. The molecule has 1 aromatic carbocycles. The Bertz CT molecular complexity index is 855. The molecule has 2 heterocycles. The van der Waals surface area contributed by atoms with E-state index >= 15 is 0 Å². The molecular weight excluding hydrogens is 489 g/mol. The van der Waals surface area contributed by atoms with Gasteiger partial charge in [-0.15, -0.1) is 24.0 Å². The Morgan fingerprint density at radius 2 is 2.07 bits per heavy atom. The summed E-state index contributed by atoms with van der Waals surface area (Å²) in [6.07, 6.45) is 1.91. The van der Waals surface area contributed by atoms with Gasteiger partial charge in [0.1, 0.15) is 11.9 Å². The maximum absolute atomic E-state index is 6.11. The van der Waals surface area contributed by atoms with Crippen molar-refractivity contribution in [1.29, 1.82) is 0 Å². The van der Waals surface area contributed by atoms with Crippen LogP contribution in [0.3, 0.4) is 0 Å². The van der Waals surface area contributed by atoms with Crippen LogP contribution in [0.25, 0.3) is 0 Å². The number of aromatic nitrogens is 1. The number of hydrogen-bond acceptors (Lipinski definition) is 4. The smallest absolute Gasteiger partial charge is 0.194 e. The van der Waals surface area contributed by atoms with Crippen molar-refractivity contribution < 1.29 is 4.74 Å². The highest BCUT2D eigenvalue weighted by Crippen LogP contribution is 2.26. The zero-order valence-corrected chi connectivity index (χ0v) is 21.0. The predicted molar refractivity (Wildman–Crippen MR) is 135 cm³/mol. The van der Waals surface area contributed by atoms with E-state index in [1.54, 1.807) is 0 Å². The zero-order valence-electron chi connectivity index (χ0n) is 18.7. The molecule has 1 aliphatic rings. The van der Waals surface area contributed by atoms with Crippen molar-refractivity contribution >= 4 is 35.8 Å². The average molecular weight is 523 g/mol. The lowest BCUT2D eigenvalue weighted by Crippen LogP contribution is -2.48. The number of anilines is 1. The summed E-state index contributed by atoms with van der Waals surface area (Å²) >= 11 is 0. The van der Waals surface area contributed by atoms with Crippen LogP contribution in [0.4, 0.5) is 5.82 Å². The third kappa shape index (κ3) is 6.31. The fourth-order valence-electron chi connectivity index (χ4n) is 3.61. The van der Waals surface area contributed by atoms with Gasteiger partial charge in [0.25, 0.3) is 0 Å². The number of nitrogens with one attached hydrogen (secondary N) is 1. The number of aliphatic imine (C=N–C) groups is 1. The van der Waals surface area contributed by atoms with Crippen LogP contribution in [0.1, 0.15) is 35.3 Å². The minimum atomic E-state index is 0. The molecule has 0 amide bonds. The lowest BCUT2D eigenvalue weighted by molar-refractivity contribution is -0.00834. The Labute approximate surface area is 197 Å². The van der Waals surface area contributed by atoms with E-state index < -0.39 is 0 Å².